The zero-order valence-electron chi connectivity index (χ0n) is 11.8. The molecule has 0 radical (unpaired) electrons. The van der Waals surface area contributed by atoms with E-state index in [1.54, 1.807) is 0 Å². The van der Waals surface area contributed by atoms with Crippen molar-refractivity contribution in [3.63, 3.8) is 0 Å². The summed E-state index contributed by atoms with van der Waals surface area (Å²) in [6.45, 7) is 2.03. The van der Waals surface area contributed by atoms with Crippen LogP contribution in [0.3, 0.4) is 0 Å². The fourth-order valence-corrected chi connectivity index (χ4v) is 2.04. The second kappa shape index (κ2) is 7.39. The van der Waals surface area contributed by atoms with Crippen LogP contribution in [0.2, 0.25) is 0 Å². The minimum Gasteiger partial charge on any atom is -0.475 e. The quantitative estimate of drug-likeness (QED) is 0.889. The Labute approximate surface area is 119 Å². The van der Waals surface area contributed by atoms with Crippen molar-refractivity contribution in [1.82, 2.24) is 15.5 Å². The molecular formula is C12H18F3N3O3. The highest BCUT2D eigenvalue weighted by molar-refractivity contribution is 5.73. The van der Waals surface area contributed by atoms with Crippen LogP contribution in [-0.2, 0) is 11.2 Å². The molecule has 9 heteroatoms. The zero-order chi connectivity index (χ0) is 16.0. The number of alkyl halides is 3. The van der Waals surface area contributed by atoms with Crippen LogP contribution in [-0.4, -0.2) is 40.5 Å². The van der Waals surface area contributed by atoms with E-state index in [9.17, 15) is 13.2 Å². The van der Waals surface area contributed by atoms with Gasteiger partial charge in [0.1, 0.15) is 0 Å². The van der Waals surface area contributed by atoms with E-state index in [0.29, 0.717) is 12.0 Å². The van der Waals surface area contributed by atoms with Crippen LogP contribution < -0.4 is 5.32 Å². The number of carbonyl (C=O) groups is 1. The summed E-state index contributed by atoms with van der Waals surface area (Å²) in [6.07, 6.45) is -0.751. The van der Waals surface area contributed by atoms with Crippen molar-refractivity contribution in [2.45, 2.75) is 50.7 Å². The minimum atomic E-state index is -5.08. The van der Waals surface area contributed by atoms with Crippen molar-refractivity contribution >= 4 is 5.97 Å². The minimum absolute atomic E-state index is 0.472. The fraction of sp³-hybridized carbons (Fsp3) is 0.750. The summed E-state index contributed by atoms with van der Waals surface area (Å²) in [5.41, 5.74) is 0. The molecule has 0 amide bonds. The van der Waals surface area contributed by atoms with Gasteiger partial charge in [-0.3, -0.25) is 0 Å². The molecule has 2 N–H and O–H groups in total. The second-order valence-electron chi connectivity index (χ2n) is 4.69. The molecule has 0 unspecified atom stereocenters. The summed E-state index contributed by atoms with van der Waals surface area (Å²) in [6, 6.07) is 0.622. The lowest BCUT2D eigenvalue weighted by molar-refractivity contribution is -0.192. The Morgan fingerprint density at radius 3 is 2.43 bits per heavy atom. The van der Waals surface area contributed by atoms with E-state index in [2.05, 4.69) is 15.5 Å². The van der Waals surface area contributed by atoms with Crippen LogP contribution in [0.5, 0.6) is 0 Å². The Bertz CT molecular complexity index is 462. The van der Waals surface area contributed by atoms with Gasteiger partial charge in [-0.1, -0.05) is 6.92 Å². The average Bonchev–Trinajstić information content (AvgIpc) is 3.06. The predicted octanol–water partition coefficient (Wildman–Crippen LogP) is 2.12. The van der Waals surface area contributed by atoms with E-state index in [1.807, 2.05) is 14.0 Å². The Morgan fingerprint density at radius 2 is 2.05 bits per heavy atom. The molecule has 0 aromatic carbocycles. The first kappa shape index (κ1) is 17.4. The van der Waals surface area contributed by atoms with Crippen molar-refractivity contribution in [1.29, 1.82) is 0 Å². The molecule has 0 bridgehead atoms. The van der Waals surface area contributed by atoms with Crippen LogP contribution >= 0.6 is 0 Å². The molecule has 0 aliphatic heterocycles. The molecule has 21 heavy (non-hydrogen) atoms. The molecule has 1 aromatic heterocycles. The SMILES string of the molecule is CCc1nnc([C@H]2CC[C@@H](NC)C2)o1.O=C(O)C(F)(F)F. The number of aliphatic carboxylic acids is 1. The van der Waals surface area contributed by atoms with Gasteiger partial charge in [0.15, 0.2) is 0 Å². The molecule has 0 spiro atoms. The maximum absolute atomic E-state index is 10.6. The molecule has 1 fully saturated rings. The second-order valence-corrected chi connectivity index (χ2v) is 4.69. The lowest BCUT2D eigenvalue weighted by atomic mass is 10.1. The molecule has 1 saturated carbocycles. The average molecular weight is 309 g/mol. The van der Waals surface area contributed by atoms with Gasteiger partial charge in [-0.05, 0) is 26.3 Å². The Hall–Kier alpha value is -1.64. The lowest BCUT2D eigenvalue weighted by Crippen LogP contribution is -2.21. The third kappa shape index (κ3) is 5.33. The van der Waals surface area contributed by atoms with Crippen molar-refractivity contribution in [3.05, 3.63) is 11.8 Å². The first-order valence-corrected chi connectivity index (χ1v) is 6.57. The number of halogens is 3. The van der Waals surface area contributed by atoms with Gasteiger partial charge in [-0.25, -0.2) is 4.79 Å². The number of nitrogens with one attached hydrogen (secondary N) is 1. The predicted molar refractivity (Wildman–Crippen MR) is 66.8 cm³/mol. The van der Waals surface area contributed by atoms with Gasteiger partial charge in [0.05, 0.1) is 0 Å². The summed E-state index contributed by atoms with van der Waals surface area (Å²) in [5, 5.41) is 18.5. The highest BCUT2D eigenvalue weighted by Gasteiger charge is 2.38. The molecule has 1 aromatic rings. The third-order valence-electron chi connectivity index (χ3n) is 3.22. The van der Waals surface area contributed by atoms with Crippen LogP contribution in [0.25, 0.3) is 0 Å². The number of carboxylic acid groups (broad SMARTS) is 1. The largest absolute Gasteiger partial charge is 0.490 e. The Balaban J connectivity index is 0.000000270. The molecule has 1 aliphatic rings. The number of aromatic nitrogens is 2. The highest BCUT2D eigenvalue weighted by atomic mass is 19.4. The smallest absolute Gasteiger partial charge is 0.475 e. The van der Waals surface area contributed by atoms with E-state index >= 15 is 0 Å². The molecule has 120 valence electrons. The maximum Gasteiger partial charge on any atom is 0.490 e. The van der Waals surface area contributed by atoms with E-state index in [0.717, 1.165) is 31.0 Å². The topological polar surface area (TPSA) is 88.3 Å². The number of rotatable bonds is 3. The van der Waals surface area contributed by atoms with Gasteiger partial charge < -0.3 is 14.8 Å². The normalized spacial score (nSPS) is 21.8. The third-order valence-corrected chi connectivity index (χ3v) is 3.22. The molecule has 0 saturated heterocycles. The monoisotopic (exact) mass is 309 g/mol. The number of hydrogen-bond donors (Lipinski definition) is 2. The van der Waals surface area contributed by atoms with E-state index in [-0.39, 0.29) is 0 Å². The van der Waals surface area contributed by atoms with Gasteiger partial charge in [0.25, 0.3) is 0 Å². The zero-order valence-corrected chi connectivity index (χ0v) is 11.8. The van der Waals surface area contributed by atoms with Crippen LogP contribution in [0, 0.1) is 0 Å². The van der Waals surface area contributed by atoms with Crippen LogP contribution in [0.4, 0.5) is 13.2 Å². The summed E-state index contributed by atoms with van der Waals surface area (Å²) in [4.78, 5) is 8.90. The van der Waals surface area contributed by atoms with Gasteiger partial charge in [-0.2, -0.15) is 13.2 Å². The van der Waals surface area contributed by atoms with E-state index in [1.165, 1.54) is 6.42 Å². The van der Waals surface area contributed by atoms with Gasteiger partial charge in [-0.15, -0.1) is 10.2 Å². The fourth-order valence-electron chi connectivity index (χ4n) is 2.04. The molecule has 2 atom stereocenters. The number of carboxylic acids is 1. The number of hydrogen-bond acceptors (Lipinski definition) is 5. The highest BCUT2D eigenvalue weighted by Crippen LogP contribution is 2.33. The number of nitrogens with zero attached hydrogens (tertiary/aromatic N) is 2. The van der Waals surface area contributed by atoms with E-state index in [4.69, 9.17) is 14.3 Å². The number of aryl methyl sites for hydroxylation is 1. The van der Waals surface area contributed by atoms with Crippen molar-refractivity contribution in [2.24, 2.45) is 0 Å². The van der Waals surface area contributed by atoms with Gasteiger partial charge in [0, 0.05) is 18.4 Å². The summed E-state index contributed by atoms with van der Waals surface area (Å²) < 4.78 is 37.3. The standard InChI is InChI=1S/C10H17N3O.C2HF3O2/c1-3-9-12-13-10(14-9)7-4-5-8(6-7)11-2;3-2(4,5)1(6)7/h7-8,11H,3-6H2,1-2H3;(H,6,7)/t7-,8+;/m0./s1. The summed E-state index contributed by atoms with van der Waals surface area (Å²) in [5.74, 6) is -0.694. The van der Waals surface area contributed by atoms with E-state index < -0.39 is 12.1 Å². The summed E-state index contributed by atoms with van der Waals surface area (Å²) >= 11 is 0. The Morgan fingerprint density at radius 1 is 1.43 bits per heavy atom. The van der Waals surface area contributed by atoms with Crippen LogP contribution in [0.15, 0.2) is 4.42 Å². The van der Waals surface area contributed by atoms with Crippen molar-refractivity contribution < 1.29 is 27.5 Å². The molecule has 6 nitrogen and oxygen atoms in total. The summed E-state index contributed by atoms with van der Waals surface area (Å²) in [7, 11) is 2.01. The molecule has 2 rings (SSSR count). The van der Waals surface area contributed by atoms with Gasteiger partial charge in [0.2, 0.25) is 11.8 Å². The molecule has 1 aliphatic carbocycles. The van der Waals surface area contributed by atoms with Crippen molar-refractivity contribution in [3.8, 4) is 0 Å². The molecular weight excluding hydrogens is 291 g/mol. The molecule has 1 heterocycles. The first-order valence-electron chi connectivity index (χ1n) is 6.57. The van der Waals surface area contributed by atoms with Crippen LogP contribution in [0.1, 0.15) is 43.9 Å². The van der Waals surface area contributed by atoms with Gasteiger partial charge >= 0.3 is 12.1 Å². The Kier molecular flexibility index (Phi) is 6.13. The van der Waals surface area contributed by atoms with Crippen molar-refractivity contribution in [2.75, 3.05) is 7.05 Å². The first-order chi connectivity index (χ1) is 9.77. The maximum atomic E-state index is 10.6. The lowest BCUT2D eigenvalue weighted by Gasteiger charge is -2.06.